The maximum Gasteiger partial charge on any atom is 0.421 e. The minimum atomic E-state index is -3.85. The Bertz CT molecular complexity index is 1030. The van der Waals surface area contributed by atoms with Gasteiger partial charge in [0.15, 0.2) is 0 Å². The second kappa shape index (κ2) is 9.76. The lowest BCUT2D eigenvalue weighted by Crippen LogP contribution is -2.56. The SMILES string of the molecule is CCOP(=O)(OCC)[C@H]1CC=C(C)[C@H](CC=O)[C@]12C(=O)N(C(=O)OC(C)(C)C)c1ccccc12. The van der Waals surface area contributed by atoms with Gasteiger partial charge in [0.1, 0.15) is 11.9 Å². The molecule has 3 atom stereocenters. The summed E-state index contributed by atoms with van der Waals surface area (Å²) in [6.07, 6.45) is 2.07. The maximum atomic E-state index is 14.4. The number of hydrogen-bond donors (Lipinski definition) is 0. The summed E-state index contributed by atoms with van der Waals surface area (Å²) in [5.41, 5.74) is -1.55. The molecule has 0 N–H and O–H groups in total. The molecule has 1 aliphatic heterocycles. The van der Waals surface area contributed by atoms with Crippen molar-refractivity contribution in [3.63, 3.8) is 0 Å². The standard InChI is InChI=1S/C25H34NO7P/c1-7-31-34(30,32-8-2)21-14-13-17(3)18(15-16-27)25(21)19-11-9-10-12-20(19)26(22(25)28)23(29)33-24(4,5)6/h9-13,16,18,21H,7-8,14-15H2,1-6H3/t18-,21-,25+/m0/s1. The van der Waals surface area contributed by atoms with Crippen molar-refractivity contribution in [2.75, 3.05) is 18.1 Å². The molecule has 186 valence electrons. The van der Waals surface area contributed by atoms with Gasteiger partial charge in [-0.25, -0.2) is 9.69 Å². The number of hydrogen-bond acceptors (Lipinski definition) is 7. The Morgan fingerprint density at radius 2 is 1.82 bits per heavy atom. The summed E-state index contributed by atoms with van der Waals surface area (Å²) in [6, 6.07) is 6.91. The number of benzene rings is 1. The number of aldehydes is 1. The van der Waals surface area contributed by atoms with Gasteiger partial charge in [0, 0.05) is 12.3 Å². The van der Waals surface area contributed by atoms with Crippen molar-refractivity contribution in [2.24, 2.45) is 5.92 Å². The number of carbonyl (C=O) groups excluding carboxylic acids is 3. The number of nitrogens with zero attached hydrogens (tertiary/aromatic N) is 1. The molecule has 0 unspecified atom stereocenters. The van der Waals surface area contributed by atoms with E-state index in [1.165, 1.54) is 0 Å². The Labute approximate surface area is 201 Å². The number of para-hydroxylation sites is 1. The number of ether oxygens (including phenoxy) is 1. The van der Waals surface area contributed by atoms with Gasteiger partial charge in [0.25, 0.3) is 0 Å². The molecule has 2 aliphatic rings. The lowest BCUT2D eigenvalue weighted by Gasteiger charge is -2.46. The number of allylic oxidation sites excluding steroid dienone is 2. The van der Waals surface area contributed by atoms with E-state index in [9.17, 15) is 18.9 Å². The van der Waals surface area contributed by atoms with Gasteiger partial charge in [-0.2, -0.15) is 0 Å². The minimum Gasteiger partial charge on any atom is -0.443 e. The van der Waals surface area contributed by atoms with Gasteiger partial charge >= 0.3 is 13.7 Å². The zero-order valence-corrected chi connectivity index (χ0v) is 21.6. The van der Waals surface area contributed by atoms with Crippen LogP contribution in [-0.2, 0) is 33.4 Å². The van der Waals surface area contributed by atoms with E-state index < -0.39 is 42.2 Å². The molecule has 0 radical (unpaired) electrons. The van der Waals surface area contributed by atoms with E-state index in [1.54, 1.807) is 58.9 Å². The maximum absolute atomic E-state index is 14.4. The predicted octanol–water partition coefficient (Wildman–Crippen LogP) is 5.40. The highest BCUT2D eigenvalue weighted by Gasteiger charge is 2.67. The highest BCUT2D eigenvalue weighted by molar-refractivity contribution is 7.54. The molecule has 0 saturated carbocycles. The molecule has 34 heavy (non-hydrogen) atoms. The fourth-order valence-corrected chi connectivity index (χ4v) is 7.66. The van der Waals surface area contributed by atoms with Crippen LogP contribution < -0.4 is 4.90 Å². The normalized spacial score (nSPS) is 24.7. The fourth-order valence-electron chi connectivity index (χ4n) is 5.22. The number of fused-ring (bicyclic) bond motifs is 2. The van der Waals surface area contributed by atoms with Crippen molar-refractivity contribution in [2.45, 2.75) is 71.1 Å². The zero-order valence-electron chi connectivity index (χ0n) is 20.7. The average molecular weight is 492 g/mol. The molecular formula is C25H34NO7P. The van der Waals surface area contributed by atoms with E-state index in [2.05, 4.69) is 0 Å². The smallest absolute Gasteiger partial charge is 0.421 e. The van der Waals surface area contributed by atoms with Crippen LogP contribution in [0.25, 0.3) is 0 Å². The molecule has 2 amide bonds. The summed E-state index contributed by atoms with van der Waals surface area (Å²) in [6.45, 7) is 10.7. The Balaban J connectivity index is 2.33. The van der Waals surface area contributed by atoms with Crippen molar-refractivity contribution in [3.8, 4) is 0 Å². The van der Waals surface area contributed by atoms with Crippen LogP contribution in [0.4, 0.5) is 10.5 Å². The summed E-state index contributed by atoms with van der Waals surface area (Å²) < 4.78 is 31.2. The predicted molar refractivity (Wildman–Crippen MR) is 129 cm³/mol. The highest BCUT2D eigenvalue weighted by Crippen LogP contribution is 2.67. The van der Waals surface area contributed by atoms with Crippen molar-refractivity contribution in [1.82, 2.24) is 0 Å². The third-order valence-electron chi connectivity index (χ3n) is 6.34. The summed E-state index contributed by atoms with van der Waals surface area (Å²) in [5.74, 6) is -1.20. The number of amides is 2. The molecule has 3 rings (SSSR count). The topological polar surface area (TPSA) is 99.2 Å². The van der Waals surface area contributed by atoms with Crippen LogP contribution in [0.1, 0.15) is 59.9 Å². The molecule has 1 heterocycles. The molecule has 1 aromatic carbocycles. The van der Waals surface area contributed by atoms with E-state index >= 15 is 0 Å². The highest BCUT2D eigenvalue weighted by atomic mass is 31.2. The summed E-state index contributed by atoms with van der Waals surface area (Å²) in [4.78, 5) is 40.5. The number of carbonyl (C=O) groups is 3. The van der Waals surface area contributed by atoms with Gasteiger partial charge in [0.2, 0.25) is 5.91 Å². The molecule has 1 aromatic rings. The second-order valence-electron chi connectivity index (χ2n) is 9.54. The second-order valence-corrected chi connectivity index (χ2v) is 11.8. The first kappa shape index (κ1) is 26.3. The van der Waals surface area contributed by atoms with Crippen LogP contribution in [-0.4, -0.2) is 42.8 Å². The number of anilines is 1. The lowest BCUT2D eigenvalue weighted by atomic mass is 9.61. The average Bonchev–Trinajstić information content (AvgIpc) is 2.99. The zero-order chi connectivity index (χ0) is 25.3. The first-order valence-corrected chi connectivity index (χ1v) is 13.2. The third-order valence-corrected chi connectivity index (χ3v) is 8.96. The largest absolute Gasteiger partial charge is 0.443 e. The van der Waals surface area contributed by atoms with Crippen LogP contribution in [0.2, 0.25) is 0 Å². The van der Waals surface area contributed by atoms with Crippen molar-refractivity contribution in [1.29, 1.82) is 0 Å². The van der Waals surface area contributed by atoms with Crippen molar-refractivity contribution < 1.29 is 32.7 Å². The van der Waals surface area contributed by atoms with E-state index in [-0.39, 0.29) is 26.1 Å². The van der Waals surface area contributed by atoms with Gasteiger partial charge in [-0.1, -0.05) is 29.8 Å². The molecular weight excluding hydrogens is 457 g/mol. The van der Waals surface area contributed by atoms with E-state index in [1.807, 2.05) is 13.0 Å². The van der Waals surface area contributed by atoms with Crippen LogP contribution in [0, 0.1) is 5.92 Å². The summed E-state index contributed by atoms with van der Waals surface area (Å²) in [7, 11) is -3.85. The molecule has 0 aromatic heterocycles. The van der Waals surface area contributed by atoms with E-state index in [0.29, 0.717) is 11.3 Å². The third kappa shape index (κ3) is 4.28. The molecule has 9 heteroatoms. The summed E-state index contributed by atoms with van der Waals surface area (Å²) >= 11 is 0. The van der Waals surface area contributed by atoms with Gasteiger partial charge in [0.05, 0.1) is 30.0 Å². The monoisotopic (exact) mass is 491 g/mol. The van der Waals surface area contributed by atoms with Gasteiger partial charge in [-0.15, -0.1) is 0 Å². The quantitative estimate of drug-likeness (QED) is 0.286. The number of rotatable bonds is 7. The van der Waals surface area contributed by atoms with Crippen LogP contribution in [0.3, 0.4) is 0 Å². The Kier molecular flexibility index (Phi) is 7.56. The van der Waals surface area contributed by atoms with Gasteiger partial charge < -0.3 is 18.6 Å². The van der Waals surface area contributed by atoms with Crippen molar-refractivity contribution in [3.05, 3.63) is 41.5 Å². The summed E-state index contributed by atoms with van der Waals surface area (Å²) in [5, 5.41) is 0. The van der Waals surface area contributed by atoms with Gasteiger partial charge in [-0.05, 0) is 59.6 Å². The molecule has 0 saturated heterocycles. The lowest BCUT2D eigenvalue weighted by molar-refractivity contribution is -0.125. The fraction of sp³-hybridized carbons (Fsp3) is 0.560. The Morgan fingerprint density at radius 3 is 2.38 bits per heavy atom. The molecule has 8 nitrogen and oxygen atoms in total. The molecule has 1 spiro atoms. The van der Waals surface area contributed by atoms with E-state index in [4.69, 9.17) is 13.8 Å². The van der Waals surface area contributed by atoms with Crippen LogP contribution in [0.5, 0.6) is 0 Å². The minimum absolute atomic E-state index is 0.0132. The molecule has 0 bridgehead atoms. The first-order valence-electron chi connectivity index (χ1n) is 11.6. The first-order chi connectivity index (χ1) is 16.0. The van der Waals surface area contributed by atoms with Crippen molar-refractivity contribution >= 4 is 31.6 Å². The molecule has 0 fully saturated rings. The van der Waals surface area contributed by atoms with Crippen LogP contribution in [0.15, 0.2) is 35.9 Å². The number of imide groups is 1. The van der Waals surface area contributed by atoms with E-state index in [0.717, 1.165) is 16.8 Å². The van der Waals surface area contributed by atoms with Crippen LogP contribution >= 0.6 is 7.60 Å². The Hall–Kier alpha value is -2.28. The molecule has 1 aliphatic carbocycles. The van der Waals surface area contributed by atoms with Gasteiger partial charge in [-0.3, -0.25) is 9.36 Å². The Morgan fingerprint density at radius 1 is 1.21 bits per heavy atom.